The zero-order valence-electron chi connectivity index (χ0n) is 19.7. The van der Waals surface area contributed by atoms with Gasteiger partial charge in [-0.1, -0.05) is 41.6 Å². The molecule has 0 bridgehead atoms. The third-order valence-electron chi connectivity index (χ3n) is 5.37. The van der Waals surface area contributed by atoms with Gasteiger partial charge in [-0.05, 0) is 43.3 Å². The minimum absolute atomic E-state index is 0.234. The van der Waals surface area contributed by atoms with Crippen LogP contribution in [0.25, 0.3) is 17.1 Å². The predicted octanol–water partition coefficient (Wildman–Crippen LogP) is 5.52. The number of nitrogens with zero attached hydrogens (tertiary/aromatic N) is 4. The van der Waals surface area contributed by atoms with Gasteiger partial charge in [0.1, 0.15) is 22.2 Å². The van der Waals surface area contributed by atoms with E-state index in [2.05, 4.69) is 51.7 Å². The number of benzene rings is 2. The van der Waals surface area contributed by atoms with Crippen molar-refractivity contribution < 1.29 is 13.9 Å². The summed E-state index contributed by atoms with van der Waals surface area (Å²) in [7, 11) is 1.64. The minimum Gasteiger partial charge on any atom is -0.497 e. The molecular formula is C26H23N5O3S2. The first-order chi connectivity index (χ1) is 17.6. The number of hydrogen-bond donors (Lipinski definition) is 1. The largest absolute Gasteiger partial charge is 0.497 e. The molecule has 5 rings (SSSR count). The van der Waals surface area contributed by atoms with Crippen LogP contribution in [0.15, 0.2) is 81.9 Å². The third-order valence-corrected chi connectivity index (χ3v) is 7.34. The molecule has 0 fully saturated rings. The van der Waals surface area contributed by atoms with Gasteiger partial charge in [0.15, 0.2) is 11.0 Å². The molecule has 5 aromatic rings. The first-order valence-electron chi connectivity index (χ1n) is 11.2. The molecule has 8 nitrogen and oxygen atoms in total. The molecule has 0 aliphatic heterocycles. The Balaban J connectivity index is 1.36. The zero-order valence-corrected chi connectivity index (χ0v) is 21.3. The van der Waals surface area contributed by atoms with Crippen LogP contribution in [-0.4, -0.2) is 32.8 Å². The van der Waals surface area contributed by atoms with E-state index in [9.17, 15) is 4.79 Å². The van der Waals surface area contributed by atoms with Crippen molar-refractivity contribution in [2.45, 2.75) is 24.4 Å². The van der Waals surface area contributed by atoms with E-state index in [0.29, 0.717) is 23.8 Å². The Morgan fingerprint density at radius 3 is 2.78 bits per heavy atom. The summed E-state index contributed by atoms with van der Waals surface area (Å²) in [4.78, 5) is 17.0. The molecule has 3 aromatic heterocycles. The summed E-state index contributed by atoms with van der Waals surface area (Å²) in [6.45, 7) is 2.37. The van der Waals surface area contributed by atoms with Crippen LogP contribution < -0.4 is 10.1 Å². The van der Waals surface area contributed by atoms with Crippen LogP contribution in [0, 0.1) is 6.92 Å². The van der Waals surface area contributed by atoms with Crippen molar-refractivity contribution in [3.63, 3.8) is 0 Å². The van der Waals surface area contributed by atoms with Crippen LogP contribution in [0.4, 0.5) is 0 Å². The number of aromatic nitrogens is 4. The molecule has 0 unspecified atom stereocenters. The van der Waals surface area contributed by atoms with Crippen molar-refractivity contribution in [1.29, 1.82) is 0 Å². The number of methoxy groups -OCH3 is 1. The topological polar surface area (TPSA) is 95.1 Å². The number of amides is 1. The Hall–Kier alpha value is -3.89. The normalized spacial score (nSPS) is 10.9. The number of thioether (sulfide) groups is 1. The molecule has 182 valence electrons. The lowest BCUT2D eigenvalue weighted by molar-refractivity contribution is 0.0943. The highest BCUT2D eigenvalue weighted by Gasteiger charge is 2.18. The Morgan fingerprint density at radius 2 is 2.00 bits per heavy atom. The Bertz CT molecular complexity index is 1460. The van der Waals surface area contributed by atoms with Crippen molar-refractivity contribution in [2.24, 2.45) is 0 Å². The van der Waals surface area contributed by atoms with Crippen molar-refractivity contribution in [3.8, 4) is 22.8 Å². The molecular weight excluding hydrogens is 494 g/mol. The number of ether oxygens (including phenoxy) is 1. The fourth-order valence-electron chi connectivity index (χ4n) is 3.52. The molecule has 2 aromatic carbocycles. The fraction of sp³-hybridized carbons (Fsp3) is 0.154. The number of rotatable bonds is 9. The number of carbonyl (C=O) groups excluding carboxylic acids is 1. The second-order valence-electron chi connectivity index (χ2n) is 7.89. The second kappa shape index (κ2) is 10.8. The molecule has 0 spiro atoms. The van der Waals surface area contributed by atoms with Crippen molar-refractivity contribution in [3.05, 3.63) is 94.3 Å². The van der Waals surface area contributed by atoms with Gasteiger partial charge < -0.3 is 14.5 Å². The van der Waals surface area contributed by atoms with Gasteiger partial charge in [-0.15, -0.1) is 21.5 Å². The summed E-state index contributed by atoms with van der Waals surface area (Å²) in [5, 5.41) is 15.1. The van der Waals surface area contributed by atoms with Gasteiger partial charge in [0.2, 0.25) is 0 Å². The van der Waals surface area contributed by atoms with Gasteiger partial charge in [-0.2, -0.15) is 0 Å². The molecule has 0 saturated heterocycles. The summed E-state index contributed by atoms with van der Waals surface area (Å²) in [6, 6.07) is 19.6. The van der Waals surface area contributed by atoms with Crippen LogP contribution in [-0.2, 0) is 12.3 Å². The lowest BCUT2D eigenvalue weighted by atomic mass is 10.2. The maximum Gasteiger partial charge on any atom is 0.271 e. The number of nitrogens with one attached hydrogen (secondary N) is 1. The van der Waals surface area contributed by atoms with Gasteiger partial charge in [0.25, 0.3) is 5.91 Å². The molecule has 0 saturated carbocycles. The molecule has 0 aliphatic carbocycles. The Kier molecular flexibility index (Phi) is 7.15. The fourth-order valence-corrected chi connectivity index (χ4v) is 5.26. The Labute approximate surface area is 216 Å². The first kappa shape index (κ1) is 23.8. The van der Waals surface area contributed by atoms with Crippen molar-refractivity contribution in [1.82, 2.24) is 25.1 Å². The predicted molar refractivity (Wildman–Crippen MR) is 140 cm³/mol. The molecule has 1 amide bonds. The van der Waals surface area contributed by atoms with Gasteiger partial charge in [-0.25, -0.2) is 4.98 Å². The standard InChI is InChI=1S/C26H23N5O3S2/c1-17-8-10-19(11-9-17)31-24(18-5-3-6-20(13-18)33-2)29-30-26(31)36-16-23-28-22(15-35-23)25(32)27-14-21-7-4-12-34-21/h3-13,15H,14,16H2,1-2H3,(H,27,32). The van der Waals surface area contributed by atoms with E-state index in [1.54, 1.807) is 24.8 Å². The SMILES string of the molecule is COc1cccc(-c2nnc(SCc3nc(C(=O)NCc4ccco4)cs3)n2-c2ccc(C)cc2)c1. The van der Waals surface area contributed by atoms with E-state index < -0.39 is 0 Å². The average molecular weight is 518 g/mol. The number of furan rings is 1. The van der Waals surface area contributed by atoms with Crippen molar-refractivity contribution in [2.75, 3.05) is 7.11 Å². The van der Waals surface area contributed by atoms with Crippen molar-refractivity contribution >= 4 is 29.0 Å². The summed E-state index contributed by atoms with van der Waals surface area (Å²) in [5.41, 5.74) is 3.42. The molecule has 0 atom stereocenters. The molecule has 0 aliphatic rings. The molecule has 0 radical (unpaired) electrons. The maximum absolute atomic E-state index is 12.5. The van der Waals surface area contributed by atoms with E-state index >= 15 is 0 Å². The highest BCUT2D eigenvalue weighted by Crippen LogP contribution is 2.31. The maximum atomic E-state index is 12.5. The molecule has 3 heterocycles. The van der Waals surface area contributed by atoms with E-state index in [1.807, 2.05) is 34.9 Å². The number of aryl methyl sites for hydroxylation is 1. The lowest BCUT2D eigenvalue weighted by Crippen LogP contribution is -2.22. The number of hydrogen-bond acceptors (Lipinski definition) is 8. The highest BCUT2D eigenvalue weighted by atomic mass is 32.2. The summed E-state index contributed by atoms with van der Waals surface area (Å²) < 4.78 is 12.7. The van der Waals surface area contributed by atoms with Gasteiger partial charge in [0, 0.05) is 16.6 Å². The first-order valence-corrected chi connectivity index (χ1v) is 13.0. The zero-order chi connectivity index (χ0) is 24.9. The summed E-state index contributed by atoms with van der Waals surface area (Å²) >= 11 is 2.96. The smallest absolute Gasteiger partial charge is 0.271 e. The van der Waals surface area contributed by atoms with E-state index in [4.69, 9.17) is 9.15 Å². The Morgan fingerprint density at radius 1 is 1.14 bits per heavy atom. The van der Waals surface area contributed by atoms with Crippen LogP contribution in [0.5, 0.6) is 5.75 Å². The van der Waals surface area contributed by atoms with Gasteiger partial charge >= 0.3 is 0 Å². The third kappa shape index (κ3) is 5.34. The highest BCUT2D eigenvalue weighted by molar-refractivity contribution is 7.98. The monoisotopic (exact) mass is 517 g/mol. The van der Waals surface area contributed by atoms with E-state index in [-0.39, 0.29) is 5.91 Å². The molecule has 36 heavy (non-hydrogen) atoms. The van der Waals surface area contributed by atoms with Crippen LogP contribution in [0.2, 0.25) is 0 Å². The number of carbonyl (C=O) groups is 1. The van der Waals surface area contributed by atoms with E-state index in [0.717, 1.165) is 33.0 Å². The second-order valence-corrected chi connectivity index (χ2v) is 9.77. The molecule has 10 heteroatoms. The van der Waals surface area contributed by atoms with Crippen LogP contribution >= 0.6 is 23.1 Å². The number of thiazole rings is 1. The van der Waals surface area contributed by atoms with Gasteiger partial charge in [0.05, 0.1) is 25.7 Å². The van der Waals surface area contributed by atoms with E-state index in [1.165, 1.54) is 28.7 Å². The average Bonchev–Trinajstić information content (AvgIpc) is 3.68. The van der Waals surface area contributed by atoms with Crippen LogP contribution in [0.1, 0.15) is 26.8 Å². The minimum atomic E-state index is -0.234. The summed E-state index contributed by atoms with van der Waals surface area (Å²) in [6.07, 6.45) is 1.58. The lowest BCUT2D eigenvalue weighted by Gasteiger charge is -2.11. The van der Waals surface area contributed by atoms with Gasteiger partial charge in [-0.3, -0.25) is 9.36 Å². The quantitative estimate of drug-likeness (QED) is 0.257. The van der Waals surface area contributed by atoms with Crippen LogP contribution in [0.3, 0.4) is 0 Å². The molecule has 1 N–H and O–H groups in total. The summed E-state index contributed by atoms with van der Waals surface area (Å²) in [5.74, 6) is 2.48.